The maximum Gasteiger partial charge on any atom is 0.153 e. The van der Waals surface area contributed by atoms with Gasteiger partial charge in [-0.05, 0) is 26.2 Å². The molecule has 0 aromatic carbocycles. The molecule has 3 fully saturated rings. The van der Waals surface area contributed by atoms with Crippen LogP contribution in [0.3, 0.4) is 0 Å². The number of hydrogen-bond donors (Lipinski definition) is 0. The van der Waals surface area contributed by atoms with Crippen LogP contribution < -0.4 is 0 Å². The third-order valence-electron chi connectivity index (χ3n) is 5.46. The lowest BCUT2D eigenvalue weighted by atomic mass is 9.82. The SMILES string of the molecule is CCCC1(C)C2CS(=O)(=O)CC3(CCCCC3)N21. The van der Waals surface area contributed by atoms with Gasteiger partial charge in [0.05, 0.1) is 11.5 Å². The van der Waals surface area contributed by atoms with Gasteiger partial charge in [0.2, 0.25) is 0 Å². The summed E-state index contributed by atoms with van der Waals surface area (Å²) < 4.78 is 24.5. The maximum atomic E-state index is 12.2. The van der Waals surface area contributed by atoms with Crippen LogP contribution in [0.25, 0.3) is 0 Å². The highest BCUT2D eigenvalue weighted by atomic mass is 32.2. The average Bonchev–Trinajstić information content (AvgIpc) is 2.83. The molecule has 3 nitrogen and oxygen atoms in total. The zero-order chi connectivity index (χ0) is 13.0. The first-order valence-electron chi connectivity index (χ1n) is 7.43. The quantitative estimate of drug-likeness (QED) is 0.724. The summed E-state index contributed by atoms with van der Waals surface area (Å²) in [6.45, 7) is 4.50. The van der Waals surface area contributed by atoms with Crippen LogP contribution in [0.2, 0.25) is 0 Å². The topological polar surface area (TPSA) is 37.1 Å². The second-order valence-corrected chi connectivity index (χ2v) is 8.94. The molecule has 1 aliphatic carbocycles. The van der Waals surface area contributed by atoms with E-state index in [1.54, 1.807) is 0 Å². The third-order valence-corrected chi connectivity index (χ3v) is 7.26. The number of sulfone groups is 1. The summed E-state index contributed by atoms with van der Waals surface area (Å²) in [5, 5.41) is 0. The molecule has 1 spiro atoms. The maximum absolute atomic E-state index is 12.2. The van der Waals surface area contributed by atoms with Crippen LogP contribution in [0.4, 0.5) is 0 Å². The first-order valence-corrected chi connectivity index (χ1v) is 9.26. The van der Waals surface area contributed by atoms with E-state index >= 15 is 0 Å². The summed E-state index contributed by atoms with van der Waals surface area (Å²) in [5.41, 5.74) is 0.180. The minimum atomic E-state index is -2.83. The Balaban J connectivity index is 1.93. The Morgan fingerprint density at radius 2 is 1.89 bits per heavy atom. The van der Waals surface area contributed by atoms with Gasteiger partial charge in [-0.2, -0.15) is 0 Å². The molecular weight excluding hydrogens is 246 g/mol. The lowest BCUT2D eigenvalue weighted by Gasteiger charge is -2.42. The van der Waals surface area contributed by atoms with Crippen molar-refractivity contribution in [2.75, 3.05) is 11.5 Å². The highest BCUT2D eigenvalue weighted by molar-refractivity contribution is 7.91. The monoisotopic (exact) mass is 271 g/mol. The van der Waals surface area contributed by atoms with Crippen LogP contribution in [0.5, 0.6) is 0 Å². The molecule has 0 aromatic rings. The predicted molar refractivity (Wildman–Crippen MR) is 73.4 cm³/mol. The van der Waals surface area contributed by atoms with E-state index < -0.39 is 9.84 Å². The molecule has 1 saturated carbocycles. The smallest absolute Gasteiger partial charge is 0.153 e. The van der Waals surface area contributed by atoms with Crippen molar-refractivity contribution >= 4 is 9.84 Å². The molecule has 0 amide bonds. The number of hydrogen-bond acceptors (Lipinski definition) is 3. The summed E-state index contributed by atoms with van der Waals surface area (Å²) in [6.07, 6.45) is 8.20. The molecule has 0 aromatic heterocycles. The highest BCUT2D eigenvalue weighted by Crippen LogP contribution is 2.57. The molecule has 104 valence electrons. The van der Waals surface area contributed by atoms with Crippen molar-refractivity contribution in [1.29, 1.82) is 0 Å². The highest BCUT2D eigenvalue weighted by Gasteiger charge is 2.69. The van der Waals surface area contributed by atoms with Crippen molar-refractivity contribution in [2.45, 2.75) is 75.9 Å². The Morgan fingerprint density at radius 1 is 1.22 bits per heavy atom. The van der Waals surface area contributed by atoms with Crippen LogP contribution in [0.15, 0.2) is 0 Å². The van der Waals surface area contributed by atoms with E-state index in [4.69, 9.17) is 0 Å². The molecule has 3 aliphatic rings. The number of rotatable bonds is 2. The van der Waals surface area contributed by atoms with Crippen LogP contribution in [-0.2, 0) is 9.84 Å². The van der Waals surface area contributed by atoms with Gasteiger partial charge in [0.15, 0.2) is 9.84 Å². The van der Waals surface area contributed by atoms with Crippen LogP contribution in [0.1, 0.15) is 58.8 Å². The fourth-order valence-corrected chi connectivity index (χ4v) is 7.15. The van der Waals surface area contributed by atoms with E-state index in [0.717, 1.165) is 25.7 Å². The minimum Gasteiger partial charge on any atom is -0.284 e. The molecule has 0 radical (unpaired) electrons. The van der Waals surface area contributed by atoms with Gasteiger partial charge >= 0.3 is 0 Å². The lowest BCUT2D eigenvalue weighted by molar-refractivity contribution is 0.136. The van der Waals surface area contributed by atoms with E-state index in [1.165, 1.54) is 19.3 Å². The molecule has 2 heterocycles. The molecule has 3 rings (SSSR count). The van der Waals surface area contributed by atoms with Crippen molar-refractivity contribution in [1.82, 2.24) is 4.90 Å². The molecule has 4 heteroatoms. The van der Waals surface area contributed by atoms with E-state index in [9.17, 15) is 8.42 Å². The summed E-state index contributed by atoms with van der Waals surface area (Å²) in [7, 11) is -2.83. The Bertz CT molecular complexity index is 439. The normalized spacial score (nSPS) is 44.6. The molecule has 3 atom stereocenters. The lowest BCUT2D eigenvalue weighted by Crippen LogP contribution is -2.52. The third kappa shape index (κ3) is 1.75. The van der Waals surface area contributed by atoms with Crippen molar-refractivity contribution in [3.8, 4) is 0 Å². The van der Waals surface area contributed by atoms with E-state index in [0.29, 0.717) is 17.5 Å². The minimum absolute atomic E-state index is 0.00389. The Morgan fingerprint density at radius 3 is 2.50 bits per heavy atom. The summed E-state index contributed by atoms with van der Waals surface area (Å²) in [5.74, 6) is 0.834. The first-order chi connectivity index (χ1) is 8.44. The molecule has 18 heavy (non-hydrogen) atoms. The fourth-order valence-electron chi connectivity index (χ4n) is 4.80. The standard InChI is InChI=1S/C14H25NO2S/c1-3-7-13(2)12-10-18(16,17)11-14(15(12)13)8-5-4-6-9-14/h12H,3-11H2,1-2H3. The Labute approximate surface area is 111 Å². The van der Waals surface area contributed by atoms with Crippen molar-refractivity contribution in [3.05, 3.63) is 0 Å². The second kappa shape index (κ2) is 3.95. The van der Waals surface area contributed by atoms with Gasteiger partial charge in [-0.25, -0.2) is 8.42 Å². The molecule has 3 unspecified atom stereocenters. The van der Waals surface area contributed by atoms with Gasteiger partial charge in [-0.1, -0.05) is 32.6 Å². The van der Waals surface area contributed by atoms with E-state index in [-0.39, 0.29) is 11.1 Å². The fraction of sp³-hybridized carbons (Fsp3) is 1.00. The second-order valence-electron chi connectivity index (χ2n) is 6.83. The average molecular weight is 271 g/mol. The Kier molecular flexibility index (Phi) is 2.84. The van der Waals surface area contributed by atoms with Gasteiger partial charge in [0.25, 0.3) is 0 Å². The molecule has 0 bridgehead atoms. The number of nitrogens with zero attached hydrogens (tertiary/aromatic N) is 1. The van der Waals surface area contributed by atoms with Gasteiger partial charge in [-0.3, -0.25) is 4.90 Å². The van der Waals surface area contributed by atoms with Crippen molar-refractivity contribution in [2.24, 2.45) is 0 Å². The van der Waals surface area contributed by atoms with Gasteiger partial charge in [0.1, 0.15) is 0 Å². The number of fused-ring (bicyclic) bond motifs is 2. The van der Waals surface area contributed by atoms with E-state index in [2.05, 4.69) is 18.7 Å². The molecular formula is C14H25NO2S. The molecule has 2 saturated heterocycles. The van der Waals surface area contributed by atoms with Gasteiger partial charge < -0.3 is 0 Å². The first kappa shape index (κ1) is 12.9. The van der Waals surface area contributed by atoms with Crippen LogP contribution in [0, 0.1) is 0 Å². The van der Waals surface area contributed by atoms with Crippen LogP contribution >= 0.6 is 0 Å². The largest absolute Gasteiger partial charge is 0.284 e. The predicted octanol–water partition coefficient (Wildman–Crippen LogP) is 2.36. The summed E-state index contributed by atoms with van der Waals surface area (Å²) >= 11 is 0. The van der Waals surface area contributed by atoms with Crippen molar-refractivity contribution in [3.63, 3.8) is 0 Å². The van der Waals surface area contributed by atoms with Crippen molar-refractivity contribution < 1.29 is 8.42 Å². The van der Waals surface area contributed by atoms with Gasteiger partial charge in [-0.15, -0.1) is 0 Å². The summed E-state index contributed by atoms with van der Waals surface area (Å²) in [6, 6.07) is 0.314. The molecule has 0 N–H and O–H groups in total. The summed E-state index contributed by atoms with van der Waals surface area (Å²) in [4.78, 5) is 2.60. The Hall–Kier alpha value is -0.0900. The molecule has 2 aliphatic heterocycles. The van der Waals surface area contributed by atoms with E-state index in [1.807, 2.05) is 0 Å². The van der Waals surface area contributed by atoms with Gasteiger partial charge in [0, 0.05) is 17.1 Å². The zero-order valence-corrected chi connectivity index (χ0v) is 12.4. The zero-order valence-electron chi connectivity index (χ0n) is 11.6. The van der Waals surface area contributed by atoms with Crippen LogP contribution in [-0.4, -0.2) is 41.9 Å².